The van der Waals surface area contributed by atoms with Gasteiger partial charge in [-0.25, -0.2) is 9.59 Å². The Bertz CT molecular complexity index is 295. The van der Waals surface area contributed by atoms with Crippen LogP contribution in [0.4, 0.5) is 4.79 Å². The molecule has 0 aliphatic carbocycles. The number of hydrogen-bond acceptors (Lipinski definition) is 3. The Morgan fingerprint density at radius 1 is 1.44 bits per heavy atom. The second-order valence-electron chi connectivity index (χ2n) is 3.62. The van der Waals surface area contributed by atoms with Gasteiger partial charge < -0.3 is 15.3 Å². The molecule has 7 heteroatoms. The van der Waals surface area contributed by atoms with Crippen molar-refractivity contribution in [2.45, 2.75) is 25.1 Å². The number of amides is 2. The van der Waals surface area contributed by atoms with E-state index in [4.69, 9.17) is 5.11 Å². The molecule has 16 heavy (non-hydrogen) atoms. The van der Waals surface area contributed by atoms with Gasteiger partial charge in [0.25, 0.3) is 0 Å². The number of carboxylic acid groups (broad SMARTS) is 1. The van der Waals surface area contributed by atoms with E-state index >= 15 is 0 Å². The number of carbonyl (C=O) groups is 2. The van der Waals surface area contributed by atoms with Crippen molar-refractivity contribution in [2.24, 2.45) is 0 Å². The first-order chi connectivity index (χ1) is 7.27. The van der Waals surface area contributed by atoms with Crippen LogP contribution >= 0.6 is 0 Å². The Kier molecular flexibility index (Phi) is 6.02. The first-order valence-corrected chi connectivity index (χ1v) is 6.45. The largest absolute Gasteiger partial charge is 0.480 e. The van der Waals surface area contributed by atoms with Gasteiger partial charge in [0.2, 0.25) is 0 Å². The van der Waals surface area contributed by atoms with E-state index < -0.39 is 28.8 Å². The maximum Gasteiger partial charge on any atom is 0.326 e. The van der Waals surface area contributed by atoms with Crippen molar-refractivity contribution in [3.8, 4) is 0 Å². The quantitative estimate of drug-likeness (QED) is 0.711. The highest BCUT2D eigenvalue weighted by atomic mass is 32.2. The SMILES string of the molecule is CC(C(=O)O)N(C)C(=O)NCC(C)S(C)=O. The van der Waals surface area contributed by atoms with E-state index in [0.29, 0.717) is 0 Å². The summed E-state index contributed by atoms with van der Waals surface area (Å²) in [5.74, 6) is -1.07. The lowest BCUT2D eigenvalue weighted by atomic mass is 10.3. The topological polar surface area (TPSA) is 86.7 Å². The van der Waals surface area contributed by atoms with E-state index in [1.165, 1.54) is 14.0 Å². The van der Waals surface area contributed by atoms with E-state index in [9.17, 15) is 13.8 Å². The monoisotopic (exact) mass is 250 g/mol. The Balaban J connectivity index is 4.16. The van der Waals surface area contributed by atoms with Crippen LogP contribution in [-0.2, 0) is 15.6 Å². The molecule has 0 fully saturated rings. The van der Waals surface area contributed by atoms with E-state index in [1.807, 2.05) is 0 Å². The fraction of sp³-hybridized carbons (Fsp3) is 0.778. The van der Waals surface area contributed by atoms with Crippen LogP contribution in [0.1, 0.15) is 13.8 Å². The molecular weight excluding hydrogens is 232 g/mol. The fourth-order valence-corrected chi connectivity index (χ4v) is 1.13. The lowest BCUT2D eigenvalue weighted by molar-refractivity contribution is -0.141. The van der Waals surface area contributed by atoms with Gasteiger partial charge in [-0.15, -0.1) is 0 Å². The van der Waals surface area contributed by atoms with Crippen molar-refractivity contribution in [1.82, 2.24) is 10.2 Å². The number of aliphatic carboxylic acids is 1. The van der Waals surface area contributed by atoms with Gasteiger partial charge in [0.15, 0.2) is 0 Å². The molecule has 0 bridgehead atoms. The van der Waals surface area contributed by atoms with Crippen LogP contribution in [0.25, 0.3) is 0 Å². The van der Waals surface area contributed by atoms with Crippen LogP contribution in [0.2, 0.25) is 0 Å². The molecule has 0 heterocycles. The highest BCUT2D eigenvalue weighted by Crippen LogP contribution is 1.97. The summed E-state index contributed by atoms with van der Waals surface area (Å²) in [4.78, 5) is 23.2. The zero-order valence-corrected chi connectivity index (χ0v) is 10.7. The molecular formula is C9H18N2O4S. The highest BCUT2D eigenvalue weighted by molar-refractivity contribution is 7.84. The molecule has 0 aromatic heterocycles. The number of nitrogens with one attached hydrogen (secondary N) is 1. The summed E-state index contributed by atoms with van der Waals surface area (Å²) < 4.78 is 11.0. The van der Waals surface area contributed by atoms with Gasteiger partial charge in [0.1, 0.15) is 6.04 Å². The minimum absolute atomic E-state index is 0.155. The first-order valence-electron chi connectivity index (χ1n) is 4.83. The smallest absolute Gasteiger partial charge is 0.326 e. The van der Waals surface area contributed by atoms with Gasteiger partial charge in [-0.3, -0.25) is 4.21 Å². The second kappa shape index (κ2) is 6.47. The zero-order valence-electron chi connectivity index (χ0n) is 9.89. The van der Waals surface area contributed by atoms with Crippen LogP contribution in [0.15, 0.2) is 0 Å². The average Bonchev–Trinajstić information content (AvgIpc) is 2.22. The van der Waals surface area contributed by atoms with Crippen LogP contribution in [0.3, 0.4) is 0 Å². The molecule has 0 aromatic rings. The van der Waals surface area contributed by atoms with Crippen molar-refractivity contribution in [2.75, 3.05) is 19.8 Å². The van der Waals surface area contributed by atoms with Crippen molar-refractivity contribution >= 4 is 22.8 Å². The predicted octanol–water partition coefficient (Wildman–Crippen LogP) is -0.132. The van der Waals surface area contributed by atoms with E-state index in [2.05, 4.69) is 5.32 Å². The third-order valence-corrected chi connectivity index (χ3v) is 3.67. The number of urea groups is 1. The summed E-state index contributed by atoms with van der Waals surface area (Å²) >= 11 is 0. The molecule has 0 saturated heterocycles. The predicted molar refractivity (Wildman–Crippen MR) is 61.8 cm³/mol. The molecule has 0 rings (SSSR count). The summed E-state index contributed by atoms with van der Waals surface area (Å²) in [5.41, 5.74) is 0. The number of carboxylic acids is 1. The average molecular weight is 250 g/mol. The van der Waals surface area contributed by atoms with Crippen molar-refractivity contribution in [3.63, 3.8) is 0 Å². The Morgan fingerprint density at radius 3 is 2.31 bits per heavy atom. The van der Waals surface area contributed by atoms with Gasteiger partial charge in [0.05, 0.1) is 0 Å². The number of likely N-dealkylation sites (N-methyl/N-ethyl adjacent to an activating group) is 1. The Hall–Kier alpha value is -1.11. The van der Waals surface area contributed by atoms with E-state index in [-0.39, 0.29) is 11.8 Å². The molecule has 3 unspecified atom stereocenters. The zero-order chi connectivity index (χ0) is 12.9. The molecule has 2 N–H and O–H groups in total. The number of rotatable bonds is 5. The molecule has 94 valence electrons. The Morgan fingerprint density at radius 2 is 1.94 bits per heavy atom. The normalized spacial score (nSPS) is 16.0. The molecule has 0 spiro atoms. The number of carbonyl (C=O) groups excluding carboxylic acids is 1. The molecule has 0 aliphatic rings. The van der Waals surface area contributed by atoms with Gasteiger partial charge >= 0.3 is 12.0 Å². The maximum absolute atomic E-state index is 11.5. The third kappa shape index (κ3) is 4.61. The minimum Gasteiger partial charge on any atom is -0.480 e. The van der Waals surface area contributed by atoms with Gasteiger partial charge in [0, 0.05) is 35.9 Å². The van der Waals surface area contributed by atoms with Crippen LogP contribution < -0.4 is 5.32 Å². The summed E-state index contributed by atoms with van der Waals surface area (Å²) in [5, 5.41) is 11.1. The third-order valence-electron chi connectivity index (χ3n) is 2.37. The molecule has 0 aliphatic heterocycles. The molecule has 3 atom stereocenters. The molecule has 0 aromatic carbocycles. The van der Waals surface area contributed by atoms with Crippen molar-refractivity contribution < 1.29 is 18.9 Å². The molecule has 0 radical (unpaired) electrons. The number of hydrogen-bond donors (Lipinski definition) is 2. The summed E-state index contributed by atoms with van der Waals surface area (Å²) in [6.07, 6.45) is 1.56. The molecule has 6 nitrogen and oxygen atoms in total. The number of nitrogens with zero attached hydrogens (tertiary/aromatic N) is 1. The van der Waals surface area contributed by atoms with Gasteiger partial charge in [-0.2, -0.15) is 0 Å². The summed E-state index contributed by atoms with van der Waals surface area (Å²) in [6.45, 7) is 3.43. The minimum atomic E-state index is -1.07. The van der Waals surface area contributed by atoms with Crippen molar-refractivity contribution in [3.05, 3.63) is 0 Å². The van der Waals surface area contributed by atoms with Crippen LogP contribution in [0.5, 0.6) is 0 Å². The summed E-state index contributed by atoms with van der Waals surface area (Å²) in [7, 11) is 0.395. The fourth-order valence-electron chi connectivity index (χ4n) is 0.815. The van der Waals surface area contributed by atoms with Gasteiger partial charge in [-0.05, 0) is 13.8 Å². The highest BCUT2D eigenvalue weighted by Gasteiger charge is 2.21. The lowest BCUT2D eigenvalue weighted by Crippen LogP contribution is -2.47. The van der Waals surface area contributed by atoms with Crippen LogP contribution in [-0.4, -0.2) is 57.4 Å². The van der Waals surface area contributed by atoms with Crippen LogP contribution in [0, 0.1) is 0 Å². The molecule has 2 amide bonds. The molecule has 0 saturated carbocycles. The summed E-state index contributed by atoms with van der Waals surface area (Å²) in [6, 6.07) is -1.37. The van der Waals surface area contributed by atoms with E-state index in [0.717, 1.165) is 4.90 Å². The Labute approximate surface area is 97.5 Å². The second-order valence-corrected chi connectivity index (χ2v) is 5.42. The maximum atomic E-state index is 11.5. The standard InChI is InChI=1S/C9H18N2O4S/c1-6(16(4)15)5-10-9(14)11(3)7(2)8(12)13/h6-7H,5H2,1-4H3,(H,10,14)(H,12,13). The van der Waals surface area contributed by atoms with Gasteiger partial charge in [-0.1, -0.05) is 0 Å². The lowest BCUT2D eigenvalue weighted by Gasteiger charge is -2.22. The first kappa shape index (κ1) is 14.9. The van der Waals surface area contributed by atoms with E-state index in [1.54, 1.807) is 13.2 Å². The van der Waals surface area contributed by atoms with Crippen molar-refractivity contribution in [1.29, 1.82) is 0 Å².